The van der Waals surface area contributed by atoms with Crippen LogP contribution in [0.25, 0.3) is 0 Å². The molecule has 0 spiro atoms. The lowest BCUT2D eigenvalue weighted by Gasteiger charge is -1.94. The number of rotatable bonds is 5. The van der Waals surface area contributed by atoms with Gasteiger partial charge in [-0.1, -0.05) is 6.92 Å². The van der Waals surface area contributed by atoms with Gasteiger partial charge in [-0.2, -0.15) is 5.10 Å². The Morgan fingerprint density at radius 3 is 3.06 bits per heavy atom. The maximum absolute atomic E-state index is 12.0. The predicted molar refractivity (Wildman–Crippen MR) is 66.0 cm³/mol. The van der Waals surface area contributed by atoms with Crippen molar-refractivity contribution in [3.05, 3.63) is 34.0 Å². The number of thiazole rings is 1. The van der Waals surface area contributed by atoms with Crippen LogP contribution in [-0.4, -0.2) is 20.5 Å². The molecule has 0 aliphatic carbocycles. The molecule has 0 saturated heterocycles. The van der Waals surface area contributed by atoms with Crippen molar-refractivity contribution < 1.29 is 4.79 Å². The molecule has 0 atom stereocenters. The number of hydrogen-bond acceptors (Lipinski definition) is 5. The van der Waals surface area contributed by atoms with Crippen LogP contribution in [0, 0.1) is 0 Å². The average molecular weight is 250 g/mol. The molecule has 6 heteroatoms. The van der Waals surface area contributed by atoms with Crippen LogP contribution in [0.4, 0.5) is 0 Å². The molecule has 0 aromatic carbocycles. The third kappa shape index (κ3) is 2.59. The van der Waals surface area contributed by atoms with Gasteiger partial charge < -0.3 is 5.73 Å². The molecule has 0 fully saturated rings. The second-order valence-electron chi connectivity index (χ2n) is 3.65. The SMILES string of the molecule is CCCn1cc(C(=O)c2csc(CN)n2)cn1. The van der Waals surface area contributed by atoms with Crippen molar-refractivity contribution in [2.75, 3.05) is 0 Å². The highest BCUT2D eigenvalue weighted by Gasteiger charge is 2.14. The zero-order valence-corrected chi connectivity index (χ0v) is 10.4. The first-order valence-electron chi connectivity index (χ1n) is 5.46. The van der Waals surface area contributed by atoms with E-state index < -0.39 is 0 Å². The van der Waals surface area contributed by atoms with E-state index in [1.807, 2.05) is 0 Å². The van der Waals surface area contributed by atoms with E-state index in [2.05, 4.69) is 17.0 Å². The number of hydrogen-bond donors (Lipinski definition) is 1. The van der Waals surface area contributed by atoms with Gasteiger partial charge in [-0.25, -0.2) is 4.98 Å². The van der Waals surface area contributed by atoms with Gasteiger partial charge in [0.15, 0.2) is 0 Å². The molecule has 0 radical (unpaired) electrons. The number of aromatic nitrogens is 3. The number of carbonyl (C=O) groups is 1. The van der Waals surface area contributed by atoms with Crippen molar-refractivity contribution in [1.82, 2.24) is 14.8 Å². The summed E-state index contributed by atoms with van der Waals surface area (Å²) < 4.78 is 1.77. The lowest BCUT2D eigenvalue weighted by atomic mass is 10.2. The molecule has 2 N–H and O–H groups in total. The van der Waals surface area contributed by atoms with Crippen LogP contribution in [-0.2, 0) is 13.1 Å². The summed E-state index contributed by atoms with van der Waals surface area (Å²) in [6, 6.07) is 0. The van der Waals surface area contributed by atoms with Crippen molar-refractivity contribution in [2.45, 2.75) is 26.4 Å². The molecule has 5 nitrogen and oxygen atoms in total. The molecular weight excluding hydrogens is 236 g/mol. The molecule has 17 heavy (non-hydrogen) atoms. The Morgan fingerprint density at radius 2 is 2.41 bits per heavy atom. The van der Waals surface area contributed by atoms with E-state index in [9.17, 15) is 4.79 Å². The van der Waals surface area contributed by atoms with Crippen molar-refractivity contribution in [1.29, 1.82) is 0 Å². The summed E-state index contributed by atoms with van der Waals surface area (Å²) in [7, 11) is 0. The monoisotopic (exact) mass is 250 g/mol. The summed E-state index contributed by atoms with van der Waals surface area (Å²) in [6.45, 7) is 3.25. The largest absolute Gasteiger partial charge is 0.325 e. The first kappa shape index (κ1) is 11.9. The van der Waals surface area contributed by atoms with E-state index in [1.165, 1.54) is 11.3 Å². The van der Waals surface area contributed by atoms with Crippen LogP contribution in [0.2, 0.25) is 0 Å². The van der Waals surface area contributed by atoms with Crippen molar-refractivity contribution >= 4 is 17.1 Å². The molecule has 90 valence electrons. The molecular formula is C11H14N4OS. The Kier molecular flexibility index (Phi) is 3.65. The van der Waals surface area contributed by atoms with Crippen molar-refractivity contribution in [3.8, 4) is 0 Å². The fourth-order valence-corrected chi connectivity index (χ4v) is 2.14. The zero-order chi connectivity index (χ0) is 12.3. The molecule has 2 rings (SSSR count). The second-order valence-corrected chi connectivity index (χ2v) is 4.59. The summed E-state index contributed by atoms with van der Waals surface area (Å²) in [4.78, 5) is 16.2. The van der Waals surface area contributed by atoms with Crippen molar-refractivity contribution in [2.24, 2.45) is 5.73 Å². The van der Waals surface area contributed by atoms with Gasteiger partial charge in [0.25, 0.3) is 0 Å². The third-order valence-electron chi connectivity index (χ3n) is 2.31. The lowest BCUT2D eigenvalue weighted by Crippen LogP contribution is -2.02. The van der Waals surface area contributed by atoms with Gasteiger partial charge in [-0.3, -0.25) is 9.48 Å². The number of nitrogens with zero attached hydrogens (tertiary/aromatic N) is 3. The fraction of sp³-hybridized carbons (Fsp3) is 0.364. The topological polar surface area (TPSA) is 73.8 Å². The molecule has 0 aliphatic heterocycles. The van der Waals surface area contributed by atoms with E-state index in [0.29, 0.717) is 17.8 Å². The molecule has 2 aromatic heterocycles. The summed E-state index contributed by atoms with van der Waals surface area (Å²) in [5.41, 5.74) is 6.49. The predicted octanol–water partition coefficient (Wildman–Crippen LogP) is 1.44. The van der Waals surface area contributed by atoms with Gasteiger partial charge >= 0.3 is 0 Å². The van der Waals surface area contributed by atoms with E-state index in [1.54, 1.807) is 22.5 Å². The number of aryl methyl sites for hydroxylation is 1. The molecule has 2 heterocycles. The van der Waals surface area contributed by atoms with E-state index in [0.717, 1.165) is 18.0 Å². The van der Waals surface area contributed by atoms with Gasteiger partial charge in [0.1, 0.15) is 10.7 Å². The van der Waals surface area contributed by atoms with Crippen LogP contribution in [0.5, 0.6) is 0 Å². The van der Waals surface area contributed by atoms with Crippen LogP contribution >= 0.6 is 11.3 Å². The van der Waals surface area contributed by atoms with Gasteiger partial charge in [0.2, 0.25) is 5.78 Å². The Bertz CT molecular complexity index is 517. The molecule has 0 unspecified atom stereocenters. The minimum atomic E-state index is -0.0942. The van der Waals surface area contributed by atoms with Crippen LogP contribution in [0.15, 0.2) is 17.8 Å². The minimum absolute atomic E-state index is 0.0942. The molecule has 0 saturated carbocycles. The Hall–Kier alpha value is -1.53. The number of nitrogens with two attached hydrogens (primary N) is 1. The Labute approximate surface area is 103 Å². The standard InChI is InChI=1S/C11H14N4OS/c1-2-3-15-6-8(5-13-15)11(16)9-7-17-10(4-12)14-9/h5-7H,2-4,12H2,1H3. The minimum Gasteiger partial charge on any atom is -0.325 e. The summed E-state index contributed by atoms with van der Waals surface area (Å²) in [6.07, 6.45) is 4.33. The summed E-state index contributed by atoms with van der Waals surface area (Å²) >= 11 is 1.41. The number of carbonyl (C=O) groups excluding carboxylic acids is 1. The van der Waals surface area contributed by atoms with Crippen LogP contribution < -0.4 is 5.73 Å². The van der Waals surface area contributed by atoms with Crippen LogP contribution in [0.3, 0.4) is 0 Å². The Morgan fingerprint density at radius 1 is 1.59 bits per heavy atom. The van der Waals surface area contributed by atoms with Gasteiger partial charge in [-0.15, -0.1) is 11.3 Å². The molecule has 0 bridgehead atoms. The van der Waals surface area contributed by atoms with Gasteiger partial charge in [-0.05, 0) is 6.42 Å². The van der Waals surface area contributed by atoms with Crippen molar-refractivity contribution in [3.63, 3.8) is 0 Å². The highest BCUT2D eigenvalue weighted by Crippen LogP contribution is 2.13. The maximum Gasteiger partial charge on any atom is 0.215 e. The first-order chi connectivity index (χ1) is 8.24. The first-order valence-corrected chi connectivity index (χ1v) is 6.34. The van der Waals surface area contributed by atoms with Gasteiger partial charge in [0, 0.05) is 24.7 Å². The summed E-state index contributed by atoms with van der Waals surface area (Å²) in [5, 5.41) is 6.64. The maximum atomic E-state index is 12.0. The highest BCUT2D eigenvalue weighted by atomic mass is 32.1. The highest BCUT2D eigenvalue weighted by molar-refractivity contribution is 7.09. The molecule has 0 amide bonds. The smallest absolute Gasteiger partial charge is 0.215 e. The Balaban J connectivity index is 2.18. The normalized spacial score (nSPS) is 10.7. The van der Waals surface area contributed by atoms with E-state index in [4.69, 9.17) is 5.73 Å². The molecule has 2 aromatic rings. The van der Waals surface area contributed by atoms with Gasteiger partial charge in [0.05, 0.1) is 11.8 Å². The zero-order valence-electron chi connectivity index (χ0n) is 9.59. The van der Waals surface area contributed by atoms with E-state index in [-0.39, 0.29) is 5.78 Å². The number of ketones is 1. The summed E-state index contributed by atoms with van der Waals surface area (Å²) in [5.74, 6) is -0.0942. The third-order valence-corrected chi connectivity index (χ3v) is 3.18. The fourth-order valence-electron chi connectivity index (χ4n) is 1.49. The second kappa shape index (κ2) is 5.20. The van der Waals surface area contributed by atoms with E-state index >= 15 is 0 Å². The average Bonchev–Trinajstić information content (AvgIpc) is 2.97. The quantitative estimate of drug-likeness (QED) is 0.815. The van der Waals surface area contributed by atoms with Crippen LogP contribution in [0.1, 0.15) is 34.4 Å². The molecule has 0 aliphatic rings. The lowest BCUT2D eigenvalue weighted by molar-refractivity contribution is 0.103.